The molecule has 1 aromatic rings. The van der Waals surface area contributed by atoms with E-state index in [-0.39, 0.29) is 16.9 Å². The first-order valence-corrected chi connectivity index (χ1v) is 7.24. The Morgan fingerprint density at radius 2 is 2.05 bits per heavy atom. The molecular formula is C17H17N3O2. The van der Waals surface area contributed by atoms with Gasteiger partial charge in [0.2, 0.25) is 0 Å². The van der Waals surface area contributed by atoms with Gasteiger partial charge < -0.3 is 10.1 Å². The molecule has 112 valence electrons. The van der Waals surface area contributed by atoms with Crippen LogP contribution in [0.2, 0.25) is 0 Å². The van der Waals surface area contributed by atoms with Crippen LogP contribution in [-0.4, -0.2) is 16.5 Å². The van der Waals surface area contributed by atoms with Gasteiger partial charge in [0.05, 0.1) is 17.4 Å². The van der Waals surface area contributed by atoms with E-state index in [1.807, 2.05) is 13.8 Å². The highest BCUT2D eigenvalue weighted by molar-refractivity contribution is 6.24. The molecule has 22 heavy (non-hydrogen) atoms. The Kier molecular flexibility index (Phi) is 3.32. The quantitative estimate of drug-likeness (QED) is 0.862. The van der Waals surface area contributed by atoms with Gasteiger partial charge in [-0.05, 0) is 23.1 Å². The summed E-state index contributed by atoms with van der Waals surface area (Å²) in [6.07, 6.45) is 3.71. The number of carbonyl (C=O) groups excluding carboxylic acids is 1. The summed E-state index contributed by atoms with van der Waals surface area (Å²) in [5, 5.41) is 17.8. The van der Waals surface area contributed by atoms with Gasteiger partial charge in [-0.3, -0.25) is 9.78 Å². The molecule has 0 amide bonds. The van der Waals surface area contributed by atoms with E-state index in [0.717, 1.165) is 5.56 Å². The minimum absolute atomic E-state index is 0.0889. The summed E-state index contributed by atoms with van der Waals surface area (Å²) in [5.74, 6) is -0.310. The fraction of sp³-hybridized carbons (Fsp3) is 0.412. The zero-order valence-electron chi connectivity index (χ0n) is 12.6. The molecule has 0 radical (unpaired) electrons. The molecule has 1 aliphatic carbocycles. The lowest BCUT2D eigenvalue weighted by Gasteiger charge is -2.39. The van der Waals surface area contributed by atoms with Crippen LogP contribution >= 0.6 is 0 Å². The number of pyridine rings is 1. The number of allylic oxidation sites excluding steroid dienone is 2. The summed E-state index contributed by atoms with van der Waals surface area (Å²) in [4.78, 5) is 16.3. The molecule has 0 fully saturated rings. The van der Waals surface area contributed by atoms with E-state index in [1.54, 1.807) is 24.5 Å². The smallest absolute Gasteiger partial charge is 0.168 e. The van der Waals surface area contributed by atoms with E-state index >= 15 is 0 Å². The van der Waals surface area contributed by atoms with Gasteiger partial charge in [0.1, 0.15) is 17.8 Å². The van der Waals surface area contributed by atoms with Crippen LogP contribution in [-0.2, 0) is 9.53 Å². The highest BCUT2D eigenvalue weighted by Crippen LogP contribution is 2.45. The summed E-state index contributed by atoms with van der Waals surface area (Å²) in [7, 11) is 0. The van der Waals surface area contributed by atoms with Crippen LogP contribution in [0.3, 0.4) is 0 Å². The number of nitriles is 1. The van der Waals surface area contributed by atoms with E-state index < -0.39 is 12.0 Å². The highest BCUT2D eigenvalue weighted by Gasteiger charge is 2.44. The summed E-state index contributed by atoms with van der Waals surface area (Å²) in [5.41, 5.74) is 1.02. The molecule has 1 unspecified atom stereocenters. The molecule has 0 spiro atoms. The molecule has 0 saturated carbocycles. The zero-order valence-corrected chi connectivity index (χ0v) is 12.6. The van der Waals surface area contributed by atoms with Crippen LogP contribution < -0.4 is 0 Å². The number of aromatic nitrogens is 1. The van der Waals surface area contributed by atoms with E-state index in [9.17, 15) is 10.1 Å². The molecule has 2 heterocycles. The fourth-order valence-corrected chi connectivity index (χ4v) is 3.14. The summed E-state index contributed by atoms with van der Waals surface area (Å²) in [6.45, 7) is 4.03. The average molecular weight is 295 g/mol. The van der Waals surface area contributed by atoms with Crippen molar-refractivity contribution < 1.29 is 9.53 Å². The number of nitrogens with one attached hydrogen (secondary N) is 1. The molecule has 1 aliphatic heterocycles. The highest BCUT2D eigenvalue weighted by atomic mass is 16.5. The summed E-state index contributed by atoms with van der Waals surface area (Å²) >= 11 is 0. The first-order chi connectivity index (χ1) is 10.4. The van der Waals surface area contributed by atoms with Crippen LogP contribution in [0.1, 0.15) is 38.4 Å². The van der Waals surface area contributed by atoms with E-state index in [1.165, 1.54) is 0 Å². The summed E-state index contributed by atoms with van der Waals surface area (Å²) in [6, 6.07) is 5.68. The lowest BCUT2D eigenvalue weighted by atomic mass is 9.72. The van der Waals surface area contributed by atoms with Crippen LogP contribution in [0.5, 0.6) is 0 Å². The molecule has 5 heteroatoms. The Morgan fingerprint density at radius 1 is 1.36 bits per heavy atom. The normalized spacial score (nSPS) is 27.0. The van der Waals surface area contributed by atoms with Crippen LogP contribution in [0, 0.1) is 28.1 Å². The Labute approximate surface area is 129 Å². The number of carbonyl (C=O) groups is 1. The van der Waals surface area contributed by atoms with Crippen molar-refractivity contribution in [3.05, 3.63) is 41.4 Å². The van der Waals surface area contributed by atoms with Gasteiger partial charge in [-0.2, -0.15) is 5.26 Å². The van der Waals surface area contributed by atoms with E-state index in [4.69, 9.17) is 10.1 Å². The monoisotopic (exact) mass is 295 g/mol. The van der Waals surface area contributed by atoms with Crippen molar-refractivity contribution in [1.82, 2.24) is 4.98 Å². The standard InChI is InChI=1S/C17H17N3O2/c1-17(2)7-12(21)14-13(8-17)22-16(11(9-18)15(14)19)10-3-5-20-6-4-10/h3-6,11,16,19H,7-8H2,1-2H3/t11?,16-/m1/s1. The Balaban J connectivity index is 2.06. The minimum Gasteiger partial charge on any atom is -0.487 e. The predicted octanol–water partition coefficient (Wildman–Crippen LogP) is 2.96. The maximum atomic E-state index is 12.4. The van der Waals surface area contributed by atoms with Crippen molar-refractivity contribution in [2.75, 3.05) is 0 Å². The number of ether oxygens (including phenoxy) is 1. The average Bonchev–Trinajstić information content (AvgIpc) is 2.46. The molecular weight excluding hydrogens is 278 g/mol. The molecule has 0 aromatic carbocycles. The first-order valence-electron chi connectivity index (χ1n) is 7.24. The molecule has 5 nitrogen and oxygen atoms in total. The third kappa shape index (κ3) is 2.31. The van der Waals surface area contributed by atoms with Gasteiger partial charge >= 0.3 is 0 Å². The molecule has 3 rings (SSSR count). The number of hydrogen-bond acceptors (Lipinski definition) is 5. The van der Waals surface area contributed by atoms with Crippen LogP contribution in [0.15, 0.2) is 35.9 Å². The molecule has 0 saturated heterocycles. The van der Waals surface area contributed by atoms with Crippen molar-refractivity contribution in [2.24, 2.45) is 11.3 Å². The lowest BCUT2D eigenvalue weighted by Crippen LogP contribution is -2.38. The Morgan fingerprint density at radius 3 is 2.68 bits per heavy atom. The first kappa shape index (κ1) is 14.5. The van der Waals surface area contributed by atoms with Crippen LogP contribution in [0.25, 0.3) is 0 Å². The van der Waals surface area contributed by atoms with Crippen molar-refractivity contribution in [3.8, 4) is 6.07 Å². The largest absolute Gasteiger partial charge is 0.487 e. The lowest BCUT2D eigenvalue weighted by molar-refractivity contribution is -0.118. The number of nitrogens with zero attached hydrogens (tertiary/aromatic N) is 2. The number of rotatable bonds is 1. The maximum Gasteiger partial charge on any atom is 0.168 e. The second-order valence-corrected chi connectivity index (χ2v) is 6.58. The van der Waals surface area contributed by atoms with Gasteiger partial charge in [-0.15, -0.1) is 0 Å². The van der Waals surface area contributed by atoms with E-state index in [2.05, 4.69) is 11.1 Å². The second kappa shape index (κ2) is 5.06. The van der Waals surface area contributed by atoms with Crippen molar-refractivity contribution in [2.45, 2.75) is 32.8 Å². The van der Waals surface area contributed by atoms with Crippen molar-refractivity contribution >= 4 is 11.5 Å². The molecule has 2 aliphatic rings. The van der Waals surface area contributed by atoms with Crippen molar-refractivity contribution in [3.63, 3.8) is 0 Å². The van der Waals surface area contributed by atoms with Gasteiger partial charge in [-0.25, -0.2) is 0 Å². The Hall–Kier alpha value is -2.48. The third-order valence-corrected chi connectivity index (χ3v) is 4.16. The number of ketones is 1. The van der Waals surface area contributed by atoms with Gasteiger partial charge in [0.25, 0.3) is 0 Å². The molecule has 0 bridgehead atoms. The molecule has 1 N–H and O–H groups in total. The molecule has 2 atom stereocenters. The molecule has 1 aromatic heterocycles. The van der Waals surface area contributed by atoms with Crippen LogP contribution in [0.4, 0.5) is 0 Å². The van der Waals surface area contributed by atoms with Gasteiger partial charge in [0.15, 0.2) is 5.78 Å². The SMILES string of the molecule is CC1(C)CC(=O)C2=C(C1)O[C@H](c1ccncc1)C(C#N)C2=N. The topological polar surface area (TPSA) is 86.8 Å². The zero-order chi connectivity index (χ0) is 15.9. The third-order valence-electron chi connectivity index (χ3n) is 4.16. The number of Topliss-reactive ketones (excluding diaryl/α,β-unsaturated/α-hetero) is 1. The Bertz CT molecular complexity index is 713. The predicted molar refractivity (Wildman–Crippen MR) is 79.9 cm³/mol. The minimum atomic E-state index is -0.772. The summed E-state index contributed by atoms with van der Waals surface area (Å²) < 4.78 is 6.02. The maximum absolute atomic E-state index is 12.4. The fourth-order valence-electron chi connectivity index (χ4n) is 3.14. The van der Waals surface area contributed by atoms with Gasteiger partial charge in [-0.1, -0.05) is 13.8 Å². The van der Waals surface area contributed by atoms with Crippen molar-refractivity contribution in [1.29, 1.82) is 10.7 Å². The van der Waals surface area contributed by atoms with Gasteiger partial charge in [0, 0.05) is 25.2 Å². The second-order valence-electron chi connectivity index (χ2n) is 6.58. The number of hydrogen-bond donors (Lipinski definition) is 1. The van der Waals surface area contributed by atoms with E-state index in [0.29, 0.717) is 24.2 Å².